The van der Waals surface area contributed by atoms with Gasteiger partial charge in [-0.3, -0.25) is 9.59 Å². The highest BCUT2D eigenvalue weighted by Crippen LogP contribution is 2.47. The van der Waals surface area contributed by atoms with E-state index in [2.05, 4.69) is 82.3 Å². The molecule has 0 atom stereocenters. The summed E-state index contributed by atoms with van der Waals surface area (Å²) >= 11 is 0. The summed E-state index contributed by atoms with van der Waals surface area (Å²) in [6.45, 7) is 10.6. The molecule has 1 heterocycles. The Balaban J connectivity index is 1.13. The number of carbonyl (C=O) groups excluding carboxylic acids is 2. The number of imide groups is 1. The number of hydrogen-bond donors (Lipinski definition) is 0. The van der Waals surface area contributed by atoms with Crippen LogP contribution in [0, 0.1) is 6.92 Å². The van der Waals surface area contributed by atoms with Gasteiger partial charge in [0.05, 0.1) is 5.69 Å². The topological polar surface area (TPSA) is 55.8 Å². The van der Waals surface area contributed by atoms with Crippen molar-refractivity contribution in [2.24, 2.45) is 0 Å². The molecule has 9 rings (SSSR count). The largest absolute Gasteiger partial charge is 0.458 e. The molecule has 8 aromatic rings. The Morgan fingerprint density at radius 3 is 1.53 bits per heavy atom. The molecule has 53 heavy (non-hydrogen) atoms. The molecule has 0 aromatic heterocycles. The summed E-state index contributed by atoms with van der Waals surface area (Å²) in [6.07, 6.45) is 0. The molecule has 5 nitrogen and oxygen atoms in total. The van der Waals surface area contributed by atoms with E-state index < -0.39 is 0 Å². The molecule has 0 radical (unpaired) electrons. The van der Waals surface area contributed by atoms with Crippen LogP contribution in [-0.2, 0) is 0 Å². The molecule has 0 saturated heterocycles. The molecule has 2 amide bonds. The molecule has 1 aliphatic rings. The highest BCUT2D eigenvalue weighted by molar-refractivity contribution is 6.42. The molecule has 5 heteroatoms. The van der Waals surface area contributed by atoms with Gasteiger partial charge in [0.1, 0.15) is 11.5 Å². The van der Waals surface area contributed by atoms with Crippen LogP contribution < -0.4 is 14.4 Å². The van der Waals surface area contributed by atoms with Gasteiger partial charge in [-0.1, -0.05) is 118 Å². The van der Waals surface area contributed by atoms with Crippen molar-refractivity contribution in [1.82, 2.24) is 0 Å². The molecule has 0 aliphatic carbocycles. The van der Waals surface area contributed by atoms with E-state index in [-0.39, 0.29) is 30.4 Å². The van der Waals surface area contributed by atoms with Gasteiger partial charge in [-0.05, 0) is 115 Å². The molecule has 0 bridgehead atoms. The first-order valence-electron chi connectivity index (χ1n) is 18.3. The van der Waals surface area contributed by atoms with Gasteiger partial charge in [0.25, 0.3) is 11.8 Å². The first kappa shape index (κ1) is 32.7. The fraction of sp³-hybridized carbons (Fsp3) is 0.167. The van der Waals surface area contributed by atoms with Crippen molar-refractivity contribution in [3.8, 4) is 22.6 Å². The predicted molar refractivity (Wildman–Crippen MR) is 216 cm³/mol. The lowest BCUT2D eigenvalue weighted by atomic mass is 9.83. The Kier molecular flexibility index (Phi) is 7.70. The quantitative estimate of drug-likeness (QED) is 0.0688. The molecule has 0 saturated carbocycles. The Morgan fingerprint density at radius 1 is 0.491 bits per heavy atom. The van der Waals surface area contributed by atoms with E-state index in [9.17, 15) is 9.59 Å². The summed E-state index contributed by atoms with van der Waals surface area (Å²) in [6, 6.07) is 40.9. The second-order valence-electron chi connectivity index (χ2n) is 14.7. The molecule has 0 N–H and O–H groups in total. The van der Waals surface area contributed by atoms with Crippen molar-refractivity contribution >= 4 is 60.6 Å². The zero-order chi connectivity index (χ0) is 36.5. The van der Waals surface area contributed by atoms with Crippen molar-refractivity contribution in [1.29, 1.82) is 0 Å². The predicted octanol–water partition coefficient (Wildman–Crippen LogP) is 12.2. The number of fused-ring (bicyclic) bond motifs is 2. The number of para-hydroxylation sites is 1. The second-order valence-corrected chi connectivity index (χ2v) is 14.7. The summed E-state index contributed by atoms with van der Waals surface area (Å²) in [5, 5.41) is 8.27. The van der Waals surface area contributed by atoms with Crippen LogP contribution in [-0.4, -0.2) is 18.6 Å². The normalized spacial score (nSPS) is 13.1. The molecular formula is C48H39NO4. The zero-order valence-corrected chi connectivity index (χ0v) is 30.5. The highest BCUT2D eigenvalue weighted by Gasteiger charge is 2.38. The van der Waals surface area contributed by atoms with Gasteiger partial charge in [-0.2, -0.15) is 0 Å². The lowest BCUT2D eigenvalue weighted by molar-refractivity contribution is 0.0892. The molecule has 0 unspecified atom stereocenters. The van der Waals surface area contributed by atoms with Gasteiger partial charge >= 0.3 is 0 Å². The maximum atomic E-state index is 14.6. The minimum atomic E-state index is -0.269. The summed E-state index contributed by atoms with van der Waals surface area (Å²) < 4.78 is 11.7. The first-order valence-corrected chi connectivity index (χ1v) is 18.3. The SMILES string of the molecule is Cc1ccc(OCOc2ccc(-c3ccc4c5ccc6c7c(ccc(c8cccc3c84)c75)C(=O)N(c3c(C(C)C)cccc3C(C)C)C6=O)cc2)cc1. The van der Waals surface area contributed by atoms with Gasteiger partial charge in [-0.25, -0.2) is 4.90 Å². The second kappa shape index (κ2) is 12.5. The Hall–Kier alpha value is -6.20. The smallest absolute Gasteiger partial charge is 0.266 e. The third-order valence-electron chi connectivity index (χ3n) is 10.9. The maximum Gasteiger partial charge on any atom is 0.266 e. The number of ether oxygens (including phenoxy) is 2. The average Bonchev–Trinajstić information content (AvgIpc) is 3.17. The van der Waals surface area contributed by atoms with E-state index in [0.717, 1.165) is 82.5 Å². The van der Waals surface area contributed by atoms with Crippen LogP contribution in [0.5, 0.6) is 11.5 Å². The standard InChI is InChI=1S/C48H39NO4/c1-27(2)33-8-6-9-34(28(3)4)46(33)49-47(50)41-24-22-39-37-11-7-10-36-35(20-21-38(43(36)37)40-23-25-42(48(49)51)45(41)44(39)40)30-14-18-32(19-15-30)53-26-52-31-16-12-29(5)13-17-31/h6-25,27-28H,26H2,1-5H3. The van der Waals surface area contributed by atoms with Crippen molar-refractivity contribution < 1.29 is 19.1 Å². The van der Waals surface area contributed by atoms with Gasteiger partial charge in [0.2, 0.25) is 6.79 Å². The number of amides is 2. The zero-order valence-electron chi connectivity index (χ0n) is 30.5. The van der Waals surface area contributed by atoms with Gasteiger partial charge in [-0.15, -0.1) is 0 Å². The Bertz CT molecular complexity index is 2650. The van der Waals surface area contributed by atoms with E-state index in [1.165, 1.54) is 10.5 Å². The fourth-order valence-corrected chi connectivity index (χ4v) is 8.25. The fourth-order valence-electron chi connectivity index (χ4n) is 8.25. The highest BCUT2D eigenvalue weighted by atomic mass is 16.7. The number of carbonyl (C=O) groups is 2. The molecule has 0 fully saturated rings. The average molecular weight is 694 g/mol. The van der Waals surface area contributed by atoms with Crippen molar-refractivity contribution in [2.45, 2.75) is 46.5 Å². The number of rotatable bonds is 8. The number of aryl methyl sites for hydroxylation is 1. The number of benzene rings is 8. The Morgan fingerprint density at radius 2 is 0.962 bits per heavy atom. The van der Waals surface area contributed by atoms with Crippen molar-refractivity contribution in [2.75, 3.05) is 11.7 Å². The van der Waals surface area contributed by atoms with Crippen LogP contribution in [0.4, 0.5) is 5.69 Å². The van der Waals surface area contributed by atoms with Crippen LogP contribution in [0.1, 0.15) is 76.9 Å². The van der Waals surface area contributed by atoms with E-state index in [1.54, 1.807) is 0 Å². The van der Waals surface area contributed by atoms with E-state index in [1.807, 2.05) is 73.7 Å². The van der Waals surface area contributed by atoms with Gasteiger partial charge in [0, 0.05) is 16.5 Å². The summed E-state index contributed by atoms with van der Waals surface area (Å²) in [5.74, 6) is 1.24. The van der Waals surface area contributed by atoms with E-state index >= 15 is 0 Å². The first-order chi connectivity index (χ1) is 25.7. The van der Waals surface area contributed by atoms with Crippen molar-refractivity contribution in [3.63, 3.8) is 0 Å². The lowest BCUT2D eigenvalue weighted by Crippen LogP contribution is -2.41. The minimum Gasteiger partial charge on any atom is -0.458 e. The van der Waals surface area contributed by atoms with Crippen molar-refractivity contribution in [3.05, 3.63) is 149 Å². The summed E-state index contributed by atoms with van der Waals surface area (Å²) in [4.78, 5) is 30.6. The number of nitrogens with zero attached hydrogens (tertiary/aromatic N) is 1. The van der Waals surface area contributed by atoms with E-state index in [4.69, 9.17) is 9.47 Å². The van der Waals surface area contributed by atoms with Gasteiger partial charge in [0.15, 0.2) is 0 Å². The molecular weight excluding hydrogens is 655 g/mol. The number of hydrogen-bond acceptors (Lipinski definition) is 4. The van der Waals surface area contributed by atoms with E-state index in [0.29, 0.717) is 11.1 Å². The van der Waals surface area contributed by atoms with Crippen LogP contribution in [0.3, 0.4) is 0 Å². The third-order valence-corrected chi connectivity index (χ3v) is 10.9. The monoisotopic (exact) mass is 693 g/mol. The van der Waals surface area contributed by atoms with Crippen LogP contribution in [0.15, 0.2) is 121 Å². The van der Waals surface area contributed by atoms with Crippen LogP contribution in [0.25, 0.3) is 54.2 Å². The number of anilines is 1. The van der Waals surface area contributed by atoms with Crippen LogP contribution >= 0.6 is 0 Å². The van der Waals surface area contributed by atoms with Crippen LogP contribution in [0.2, 0.25) is 0 Å². The minimum absolute atomic E-state index is 0.122. The third kappa shape index (κ3) is 5.14. The summed E-state index contributed by atoms with van der Waals surface area (Å²) in [5.41, 5.74) is 7.23. The summed E-state index contributed by atoms with van der Waals surface area (Å²) in [7, 11) is 0. The molecule has 0 spiro atoms. The Labute approximate surface area is 308 Å². The lowest BCUT2D eigenvalue weighted by Gasteiger charge is -2.32. The maximum absolute atomic E-state index is 14.6. The molecule has 8 aromatic carbocycles. The molecule has 260 valence electrons. The molecule has 1 aliphatic heterocycles. The van der Waals surface area contributed by atoms with Gasteiger partial charge < -0.3 is 9.47 Å².